The Morgan fingerprint density at radius 3 is 2.67 bits per heavy atom. The molecule has 0 aromatic heterocycles. The van der Waals surface area contributed by atoms with E-state index in [4.69, 9.17) is 21.1 Å². The third-order valence-corrected chi connectivity index (χ3v) is 3.06. The van der Waals surface area contributed by atoms with Crippen LogP contribution < -0.4 is 4.74 Å². The molecule has 0 aliphatic rings. The predicted molar refractivity (Wildman–Crippen MR) is 73.4 cm³/mol. The molecule has 0 saturated carbocycles. The van der Waals surface area contributed by atoms with Crippen molar-refractivity contribution >= 4 is 11.6 Å². The van der Waals surface area contributed by atoms with Gasteiger partial charge >= 0.3 is 0 Å². The first-order chi connectivity index (χ1) is 8.56. The van der Waals surface area contributed by atoms with E-state index in [2.05, 4.69) is 6.92 Å². The Kier molecular flexibility index (Phi) is 6.47. The van der Waals surface area contributed by atoms with Gasteiger partial charge in [0, 0.05) is 25.2 Å². The van der Waals surface area contributed by atoms with Gasteiger partial charge in [-0.3, -0.25) is 0 Å². The van der Waals surface area contributed by atoms with E-state index in [1.165, 1.54) is 0 Å². The molecule has 2 unspecified atom stereocenters. The predicted octanol–water partition coefficient (Wildman–Crippen LogP) is 2.92. The van der Waals surface area contributed by atoms with Crippen LogP contribution in [0.3, 0.4) is 0 Å². The minimum absolute atomic E-state index is 0.329. The number of aliphatic hydroxyl groups excluding tert-OH is 1. The van der Waals surface area contributed by atoms with Crippen LogP contribution >= 0.6 is 11.6 Å². The average Bonchev–Trinajstić information content (AvgIpc) is 2.29. The van der Waals surface area contributed by atoms with Crippen LogP contribution in [0.5, 0.6) is 5.75 Å². The number of methoxy groups -OCH3 is 2. The molecule has 0 amide bonds. The van der Waals surface area contributed by atoms with E-state index in [1.807, 2.05) is 12.1 Å². The first-order valence-electron chi connectivity index (χ1n) is 6.06. The van der Waals surface area contributed by atoms with Crippen molar-refractivity contribution in [3.63, 3.8) is 0 Å². The molecule has 102 valence electrons. The van der Waals surface area contributed by atoms with E-state index < -0.39 is 6.10 Å². The molecule has 1 rings (SSSR count). The van der Waals surface area contributed by atoms with Gasteiger partial charge in [0.25, 0.3) is 0 Å². The van der Waals surface area contributed by atoms with Gasteiger partial charge in [-0.25, -0.2) is 0 Å². The number of ether oxygens (including phenoxy) is 2. The number of hydrogen-bond acceptors (Lipinski definition) is 3. The average molecular weight is 273 g/mol. The Morgan fingerprint density at radius 2 is 2.06 bits per heavy atom. The zero-order valence-corrected chi connectivity index (χ0v) is 11.9. The summed E-state index contributed by atoms with van der Waals surface area (Å²) in [6, 6.07) is 5.44. The van der Waals surface area contributed by atoms with Crippen LogP contribution in [0, 0.1) is 5.92 Å². The summed E-state index contributed by atoms with van der Waals surface area (Å²) in [5, 5.41) is 10.7. The molecule has 2 atom stereocenters. The minimum Gasteiger partial charge on any atom is -0.496 e. The lowest BCUT2D eigenvalue weighted by Crippen LogP contribution is -2.17. The molecule has 0 fully saturated rings. The molecular formula is C14H21ClO3. The van der Waals surface area contributed by atoms with Crippen LogP contribution in [-0.2, 0) is 11.2 Å². The van der Waals surface area contributed by atoms with Crippen molar-refractivity contribution in [1.82, 2.24) is 0 Å². The number of halogens is 1. The van der Waals surface area contributed by atoms with Gasteiger partial charge in [-0.15, -0.1) is 0 Å². The fraction of sp³-hybridized carbons (Fsp3) is 0.571. The largest absolute Gasteiger partial charge is 0.496 e. The van der Waals surface area contributed by atoms with Crippen molar-refractivity contribution in [3.05, 3.63) is 28.8 Å². The molecule has 1 aromatic rings. The Hall–Kier alpha value is -0.770. The van der Waals surface area contributed by atoms with Gasteiger partial charge in [-0.2, -0.15) is 0 Å². The van der Waals surface area contributed by atoms with Crippen LogP contribution in [0.25, 0.3) is 0 Å². The fourth-order valence-corrected chi connectivity index (χ4v) is 2.26. The lowest BCUT2D eigenvalue weighted by atomic mass is 9.98. The topological polar surface area (TPSA) is 38.7 Å². The molecule has 3 nitrogen and oxygen atoms in total. The Balaban J connectivity index is 2.63. The maximum Gasteiger partial charge on any atom is 0.122 e. The summed E-state index contributed by atoms with van der Waals surface area (Å²) in [6.45, 7) is 2.71. The first kappa shape index (κ1) is 15.3. The van der Waals surface area contributed by atoms with Crippen molar-refractivity contribution in [2.45, 2.75) is 25.9 Å². The fourth-order valence-electron chi connectivity index (χ4n) is 2.06. The first-order valence-corrected chi connectivity index (χ1v) is 6.44. The molecule has 0 radical (unpaired) electrons. The van der Waals surface area contributed by atoms with E-state index in [0.717, 1.165) is 11.3 Å². The van der Waals surface area contributed by atoms with E-state index in [0.29, 0.717) is 30.4 Å². The number of benzene rings is 1. The summed E-state index contributed by atoms with van der Waals surface area (Å²) in [4.78, 5) is 0. The molecule has 1 N–H and O–H groups in total. The molecule has 4 heteroatoms. The van der Waals surface area contributed by atoms with Gasteiger partial charge in [0.1, 0.15) is 5.75 Å². The van der Waals surface area contributed by atoms with Gasteiger partial charge in [-0.1, -0.05) is 18.5 Å². The van der Waals surface area contributed by atoms with Gasteiger partial charge in [0.15, 0.2) is 0 Å². The second-order valence-corrected chi connectivity index (χ2v) is 5.05. The third kappa shape index (κ3) is 4.84. The van der Waals surface area contributed by atoms with Crippen molar-refractivity contribution in [2.75, 3.05) is 20.8 Å². The summed E-state index contributed by atoms with van der Waals surface area (Å²) in [5.41, 5.74) is 0.933. The van der Waals surface area contributed by atoms with Gasteiger partial charge in [-0.05, 0) is 36.1 Å². The molecule has 0 heterocycles. The second kappa shape index (κ2) is 7.62. The number of rotatable bonds is 7. The summed E-state index contributed by atoms with van der Waals surface area (Å²) < 4.78 is 10.3. The van der Waals surface area contributed by atoms with Crippen LogP contribution in [0.2, 0.25) is 5.02 Å². The van der Waals surface area contributed by atoms with E-state index in [1.54, 1.807) is 20.3 Å². The number of aliphatic hydroxyl groups is 1. The van der Waals surface area contributed by atoms with Gasteiger partial charge < -0.3 is 14.6 Å². The highest BCUT2D eigenvalue weighted by atomic mass is 35.5. The SMILES string of the molecule is COCC(C)CC(O)Cc1cc(Cl)ccc1OC. The summed E-state index contributed by atoms with van der Waals surface area (Å²) in [5.74, 6) is 1.09. The van der Waals surface area contributed by atoms with E-state index in [9.17, 15) is 5.11 Å². The summed E-state index contributed by atoms with van der Waals surface area (Å²) in [7, 11) is 3.29. The maximum atomic E-state index is 10.1. The Morgan fingerprint density at radius 1 is 1.33 bits per heavy atom. The quantitative estimate of drug-likeness (QED) is 0.829. The number of hydrogen-bond donors (Lipinski definition) is 1. The summed E-state index contributed by atoms with van der Waals surface area (Å²) in [6.07, 6.45) is 0.823. The standard InChI is InChI=1S/C14H21ClO3/c1-10(9-17-2)6-13(16)8-11-7-12(15)4-5-14(11)18-3/h4-5,7,10,13,16H,6,8-9H2,1-3H3. The third-order valence-electron chi connectivity index (χ3n) is 2.82. The monoisotopic (exact) mass is 272 g/mol. The van der Waals surface area contributed by atoms with Gasteiger partial charge in [0.05, 0.1) is 13.2 Å². The van der Waals surface area contributed by atoms with E-state index >= 15 is 0 Å². The van der Waals surface area contributed by atoms with Crippen molar-refractivity contribution in [1.29, 1.82) is 0 Å². The molecule has 0 bridgehead atoms. The normalized spacial score (nSPS) is 14.3. The lowest BCUT2D eigenvalue weighted by molar-refractivity contribution is 0.101. The van der Waals surface area contributed by atoms with Crippen LogP contribution in [0.4, 0.5) is 0 Å². The molecule has 18 heavy (non-hydrogen) atoms. The van der Waals surface area contributed by atoms with Crippen molar-refractivity contribution in [3.8, 4) is 5.75 Å². The van der Waals surface area contributed by atoms with Crippen LogP contribution in [-0.4, -0.2) is 32.0 Å². The minimum atomic E-state index is -0.414. The molecule has 0 aliphatic heterocycles. The smallest absolute Gasteiger partial charge is 0.122 e. The Labute approximate surface area is 114 Å². The second-order valence-electron chi connectivity index (χ2n) is 4.61. The zero-order chi connectivity index (χ0) is 13.5. The lowest BCUT2D eigenvalue weighted by Gasteiger charge is -2.17. The van der Waals surface area contributed by atoms with E-state index in [-0.39, 0.29) is 0 Å². The molecule has 0 aliphatic carbocycles. The highest BCUT2D eigenvalue weighted by Crippen LogP contribution is 2.25. The van der Waals surface area contributed by atoms with Crippen molar-refractivity contribution in [2.24, 2.45) is 5.92 Å². The summed E-state index contributed by atoms with van der Waals surface area (Å²) >= 11 is 5.96. The van der Waals surface area contributed by atoms with Gasteiger partial charge in [0.2, 0.25) is 0 Å². The highest BCUT2D eigenvalue weighted by molar-refractivity contribution is 6.30. The maximum absolute atomic E-state index is 10.1. The highest BCUT2D eigenvalue weighted by Gasteiger charge is 2.14. The molecule has 0 saturated heterocycles. The van der Waals surface area contributed by atoms with Crippen LogP contribution in [0.1, 0.15) is 18.9 Å². The molecule has 0 spiro atoms. The zero-order valence-electron chi connectivity index (χ0n) is 11.1. The molecular weight excluding hydrogens is 252 g/mol. The molecule has 1 aromatic carbocycles. The van der Waals surface area contributed by atoms with Crippen LogP contribution in [0.15, 0.2) is 18.2 Å². The van der Waals surface area contributed by atoms with Crippen molar-refractivity contribution < 1.29 is 14.6 Å². The Bertz CT molecular complexity index is 368.